The third-order valence-corrected chi connectivity index (χ3v) is 2.78. The Morgan fingerprint density at radius 2 is 1.62 bits per heavy atom. The van der Waals surface area contributed by atoms with E-state index in [1.54, 1.807) is 36.4 Å². The van der Waals surface area contributed by atoms with Crippen LogP contribution in [0.5, 0.6) is 11.5 Å². The molecule has 0 saturated heterocycles. The van der Waals surface area contributed by atoms with Gasteiger partial charge in [-0.15, -0.1) is 13.2 Å². The third-order valence-electron chi connectivity index (χ3n) is 2.78. The van der Waals surface area contributed by atoms with Crippen molar-refractivity contribution in [1.29, 1.82) is 0 Å². The summed E-state index contributed by atoms with van der Waals surface area (Å²) >= 11 is 0. The van der Waals surface area contributed by atoms with E-state index < -0.39 is 6.36 Å². The predicted octanol–water partition coefficient (Wildman–Crippen LogP) is 3.58. The molecule has 0 aliphatic heterocycles. The van der Waals surface area contributed by atoms with E-state index in [2.05, 4.69) is 10.1 Å². The fraction of sp³-hybridized carbons (Fsp3) is 0.200. The number of aromatic hydroxyl groups is 1. The molecule has 0 amide bonds. The van der Waals surface area contributed by atoms with Crippen LogP contribution in [0.3, 0.4) is 0 Å². The van der Waals surface area contributed by atoms with Gasteiger partial charge in [-0.1, -0.05) is 30.3 Å². The van der Waals surface area contributed by atoms with Crippen molar-refractivity contribution in [3.05, 3.63) is 59.7 Å². The molecule has 0 aromatic heterocycles. The van der Waals surface area contributed by atoms with Crippen LogP contribution in [0.4, 0.5) is 13.2 Å². The SMILES string of the molecule is Oc1ccc(CNCc2ccccc2OC(F)(F)F)cc1. The molecule has 2 aromatic rings. The smallest absolute Gasteiger partial charge is 0.508 e. The molecule has 0 spiro atoms. The second-order valence-electron chi connectivity index (χ2n) is 4.43. The summed E-state index contributed by atoms with van der Waals surface area (Å²) in [7, 11) is 0. The van der Waals surface area contributed by atoms with Gasteiger partial charge in [0.05, 0.1) is 0 Å². The second kappa shape index (κ2) is 6.49. The molecule has 0 aliphatic carbocycles. The molecule has 0 heterocycles. The molecule has 3 nitrogen and oxygen atoms in total. The number of phenolic OH excluding ortho intramolecular Hbond substituents is 1. The highest BCUT2D eigenvalue weighted by atomic mass is 19.4. The number of ether oxygens (including phenoxy) is 1. The maximum atomic E-state index is 12.3. The number of rotatable bonds is 5. The van der Waals surface area contributed by atoms with Gasteiger partial charge in [-0.2, -0.15) is 0 Å². The second-order valence-corrected chi connectivity index (χ2v) is 4.43. The van der Waals surface area contributed by atoms with Crippen LogP contribution in [-0.2, 0) is 13.1 Å². The van der Waals surface area contributed by atoms with Gasteiger partial charge in [0.2, 0.25) is 0 Å². The first-order chi connectivity index (χ1) is 9.94. The minimum atomic E-state index is -4.70. The van der Waals surface area contributed by atoms with E-state index in [0.717, 1.165) is 5.56 Å². The number of phenols is 1. The fourth-order valence-electron chi connectivity index (χ4n) is 1.83. The fourth-order valence-corrected chi connectivity index (χ4v) is 1.83. The maximum absolute atomic E-state index is 12.3. The van der Waals surface area contributed by atoms with Crippen molar-refractivity contribution in [3.8, 4) is 11.5 Å². The lowest BCUT2D eigenvalue weighted by Gasteiger charge is -2.13. The summed E-state index contributed by atoms with van der Waals surface area (Å²) < 4.78 is 40.8. The standard InChI is InChI=1S/C15H14F3NO2/c16-15(17,18)21-14-4-2-1-3-12(14)10-19-9-11-5-7-13(20)8-6-11/h1-8,19-20H,9-10H2. The van der Waals surface area contributed by atoms with Crippen LogP contribution >= 0.6 is 0 Å². The summed E-state index contributed by atoms with van der Waals surface area (Å²) in [5, 5.41) is 12.2. The molecule has 112 valence electrons. The van der Waals surface area contributed by atoms with Crippen LogP contribution in [0, 0.1) is 0 Å². The van der Waals surface area contributed by atoms with E-state index in [9.17, 15) is 13.2 Å². The lowest BCUT2D eigenvalue weighted by Crippen LogP contribution is -2.20. The lowest BCUT2D eigenvalue weighted by molar-refractivity contribution is -0.274. The van der Waals surface area contributed by atoms with Crippen molar-refractivity contribution >= 4 is 0 Å². The zero-order valence-corrected chi connectivity index (χ0v) is 11.0. The largest absolute Gasteiger partial charge is 0.573 e. The molecule has 6 heteroatoms. The van der Waals surface area contributed by atoms with E-state index in [-0.39, 0.29) is 18.0 Å². The normalized spacial score (nSPS) is 11.4. The quantitative estimate of drug-likeness (QED) is 0.886. The first kappa shape index (κ1) is 15.2. The highest BCUT2D eigenvalue weighted by Crippen LogP contribution is 2.26. The average Bonchev–Trinajstić information content (AvgIpc) is 2.41. The molecule has 0 atom stereocenters. The molecular formula is C15H14F3NO2. The molecule has 0 radical (unpaired) electrons. The first-order valence-corrected chi connectivity index (χ1v) is 6.26. The number of nitrogens with one attached hydrogen (secondary N) is 1. The predicted molar refractivity (Wildman–Crippen MR) is 71.8 cm³/mol. The molecule has 21 heavy (non-hydrogen) atoms. The molecule has 2 N–H and O–H groups in total. The minimum absolute atomic E-state index is 0.169. The Morgan fingerprint density at radius 3 is 2.29 bits per heavy atom. The van der Waals surface area contributed by atoms with Crippen LogP contribution in [0.15, 0.2) is 48.5 Å². The molecule has 2 aromatic carbocycles. The van der Waals surface area contributed by atoms with Gasteiger partial charge in [0.15, 0.2) is 0 Å². The van der Waals surface area contributed by atoms with E-state index in [1.165, 1.54) is 12.1 Å². The van der Waals surface area contributed by atoms with Crippen LogP contribution in [0.1, 0.15) is 11.1 Å². The number of alkyl halides is 3. The van der Waals surface area contributed by atoms with Crippen molar-refractivity contribution in [3.63, 3.8) is 0 Å². The maximum Gasteiger partial charge on any atom is 0.573 e. The minimum Gasteiger partial charge on any atom is -0.508 e. The third kappa shape index (κ3) is 5.00. The molecule has 2 rings (SSSR count). The summed E-state index contributed by atoms with van der Waals surface area (Å²) in [5.41, 5.74) is 1.34. The van der Waals surface area contributed by atoms with Gasteiger partial charge >= 0.3 is 6.36 Å². The summed E-state index contributed by atoms with van der Waals surface area (Å²) in [5.74, 6) is -0.0362. The van der Waals surface area contributed by atoms with Gasteiger partial charge in [-0.25, -0.2) is 0 Å². The molecule has 0 unspecified atom stereocenters. The van der Waals surface area contributed by atoms with Crippen LogP contribution in [-0.4, -0.2) is 11.5 Å². The van der Waals surface area contributed by atoms with Gasteiger partial charge in [0.25, 0.3) is 0 Å². The Bertz CT molecular complexity index is 582. The zero-order valence-electron chi connectivity index (χ0n) is 11.0. The Morgan fingerprint density at radius 1 is 0.952 bits per heavy atom. The van der Waals surface area contributed by atoms with Gasteiger partial charge < -0.3 is 15.2 Å². The van der Waals surface area contributed by atoms with Crippen molar-refractivity contribution in [2.24, 2.45) is 0 Å². The topological polar surface area (TPSA) is 41.5 Å². The highest BCUT2D eigenvalue weighted by Gasteiger charge is 2.31. The summed E-state index contributed by atoms with van der Waals surface area (Å²) in [6, 6.07) is 12.6. The van der Waals surface area contributed by atoms with Crippen molar-refractivity contribution < 1.29 is 23.0 Å². The number of benzene rings is 2. The number of halogens is 3. The van der Waals surface area contributed by atoms with Crippen molar-refractivity contribution in [2.75, 3.05) is 0 Å². The van der Waals surface area contributed by atoms with Crippen LogP contribution in [0.2, 0.25) is 0 Å². The molecule has 0 fully saturated rings. The summed E-state index contributed by atoms with van der Waals surface area (Å²) in [6.07, 6.45) is -4.70. The van der Waals surface area contributed by atoms with Gasteiger partial charge in [-0.05, 0) is 23.8 Å². The van der Waals surface area contributed by atoms with Gasteiger partial charge in [0.1, 0.15) is 11.5 Å². The zero-order chi connectivity index (χ0) is 15.3. The molecule has 0 bridgehead atoms. The molecule has 0 aliphatic rings. The summed E-state index contributed by atoms with van der Waals surface area (Å²) in [6.45, 7) is 0.716. The van der Waals surface area contributed by atoms with Crippen molar-refractivity contribution in [2.45, 2.75) is 19.5 Å². The van der Waals surface area contributed by atoms with Crippen LogP contribution < -0.4 is 10.1 Å². The van der Waals surface area contributed by atoms with E-state index in [0.29, 0.717) is 12.1 Å². The van der Waals surface area contributed by atoms with Gasteiger partial charge in [-0.3, -0.25) is 0 Å². The lowest BCUT2D eigenvalue weighted by atomic mass is 10.2. The van der Waals surface area contributed by atoms with Crippen molar-refractivity contribution in [1.82, 2.24) is 5.32 Å². The number of para-hydroxylation sites is 1. The average molecular weight is 297 g/mol. The Balaban J connectivity index is 1.95. The van der Waals surface area contributed by atoms with Crippen LogP contribution in [0.25, 0.3) is 0 Å². The Hall–Kier alpha value is -2.21. The number of hydrogen-bond donors (Lipinski definition) is 2. The Labute approximate surface area is 120 Å². The molecule has 0 saturated carbocycles. The van der Waals surface area contributed by atoms with Gasteiger partial charge in [0, 0.05) is 18.7 Å². The van der Waals surface area contributed by atoms with E-state index >= 15 is 0 Å². The monoisotopic (exact) mass is 297 g/mol. The van der Waals surface area contributed by atoms with E-state index in [4.69, 9.17) is 5.11 Å². The molecular weight excluding hydrogens is 283 g/mol. The van der Waals surface area contributed by atoms with E-state index in [1.807, 2.05) is 0 Å². The highest BCUT2D eigenvalue weighted by molar-refractivity contribution is 5.33. The number of hydrogen-bond acceptors (Lipinski definition) is 3. The first-order valence-electron chi connectivity index (χ1n) is 6.26. The summed E-state index contributed by atoms with van der Waals surface area (Å²) in [4.78, 5) is 0. The Kier molecular flexibility index (Phi) is 4.70.